The lowest BCUT2D eigenvalue weighted by atomic mass is 10.1. The zero-order valence-corrected chi connectivity index (χ0v) is 14.5. The molecule has 0 saturated carbocycles. The Kier molecular flexibility index (Phi) is 6.22. The summed E-state index contributed by atoms with van der Waals surface area (Å²) in [5, 5.41) is 7.94. The van der Waals surface area contributed by atoms with E-state index in [-0.39, 0.29) is 0 Å². The van der Waals surface area contributed by atoms with E-state index in [9.17, 15) is 0 Å². The van der Waals surface area contributed by atoms with E-state index in [0.29, 0.717) is 5.11 Å². The van der Waals surface area contributed by atoms with Gasteiger partial charge in [0.1, 0.15) is 0 Å². The number of benzene rings is 2. The van der Waals surface area contributed by atoms with Gasteiger partial charge in [0.15, 0.2) is 5.11 Å². The average molecular weight is 333 g/mol. The number of rotatable bonds is 5. The van der Waals surface area contributed by atoms with Crippen molar-refractivity contribution in [3.05, 3.63) is 64.2 Å². The highest BCUT2D eigenvalue weighted by molar-refractivity contribution is 7.80. The van der Waals surface area contributed by atoms with Crippen LogP contribution in [0.3, 0.4) is 0 Å². The molecule has 0 bridgehead atoms. The van der Waals surface area contributed by atoms with Crippen LogP contribution < -0.4 is 10.6 Å². The fourth-order valence-electron chi connectivity index (χ4n) is 2.27. The second-order valence-electron chi connectivity index (χ2n) is 5.43. The summed E-state index contributed by atoms with van der Waals surface area (Å²) in [7, 11) is 0. The Labute approximate surface area is 142 Å². The van der Waals surface area contributed by atoms with E-state index >= 15 is 0 Å². The van der Waals surface area contributed by atoms with Crippen molar-refractivity contribution in [1.29, 1.82) is 0 Å². The van der Waals surface area contributed by atoms with Gasteiger partial charge in [0.2, 0.25) is 0 Å². The van der Waals surface area contributed by atoms with Crippen molar-refractivity contribution in [2.75, 3.05) is 11.9 Å². The van der Waals surface area contributed by atoms with Gasteiger partial charge in [0.05, 0.1) is 0 Å². The van der Waals surface area contributed by atoms with E-state index in [1.165, 1.54) is 16.7 Å². The molecule has 4 heteroatoms. The van der Waals surface area contributed by atoms with Crippen molar-refractivity contribution in [1.82, 2.24) is 5.32 Å². The predicted molar refractivity (Wildman–Crippen MR) is 99.9 cm³/mol. The Morgan fingerprint density at radius 1 is 1.09 bits per heavy atom. The summed E-state index contributed by atoms with van der Waals surface area (Å²) in [6.07, 6.45) is 2.03. The summed E-state index contributed by atoms with van der Waals surface area (Å²) in [6, 6.07) is 14.3. The van der Waals surface area contributed by atoms with Gasteiger partial charge in [-0.15, -0.1) is 0 Å². The molecule has 0 aromatic heterocycles. The third-order valence-corrected chi connectivity index (χ3v) is 3.97. The number of hydrogen-bond acceptors (Lipinski definition) is 1. The molecule has 0 unspecified atom stereocenters. The lowest BCUT2D eigenvalue weighted by Gasteiger charge is -2.13. The standard InChI is InChI=1S/C18H21ClN2S/c1-13-5-10-17(14(2)12-13)21-18(22)20-11-3-4-15-6-8-16(19)9-7-15/h5-10,12H,3-4,11H2,1-2H3,(H2,20,21,22). The van der Waals surface area contributed by atoms with Crippen LogP contribution in [0.1, 0.15) is 23.1 Å². The van der Waals surface area contributed by atoms with E-state index in [2.05, 4.69) is 54.8 Å². The molecule has 2 nitrogen and oxygen atoms in total. The number of hydrogen-bond donors (Lipinski definition) is 2. The molecule has 0 heterocycles. The van der Waals surface area contributed by atoms with Crippen LogP contribution in [0.15, 0.2) is 42.5 Å². The minimum Gasteiger partial charge on any atom is -0.362 e. The van der Waals surface area contributed by atoms with Crippen molar-refractivity contribution in [2.45, 2.75) is 26.7 Å². The van der Waals surface area contributed by atoms with E-state index in [0.717, 1.165) is 30.1 Å². The van der Waals surface area contributed by atoms with E-state index in [1.807, 2.05) is 12.1 Å². The zero-order chi connectivity index (χ0) is 15.9. The molecule has 116 valence electrons. The summed E-state index contributed by atoms with van der Waals surface area (Å²) in [5.41, 5.74) is 4.80. The fourth-order valence-corrected chi connectivity index (χ4v) is 2.60. The second kappa shape index (κ2) is 8.16. The van der Waals surface area contributed by atoms with Gasteiger partial charge in [-0.1, -0.05) is 41.4 Å². The Bertz CT molecular complexity index is 638. The van der Waals surface area contributed by atoms with Crippen molar-refractivity contribution in [3.63, 3.8) is 0 Å². The summed E-state index contributed by atoms with van der Waals surface area (Å²) < 4.78 is 0. The van der Waals surface area contributed by atoms with Gasteiger partial charge in [-0.2, -0.15) is 0 Å². The van der Waals surface area contributed by atoms with Gasteiger partial charge in [-0.3, -0.25) is 0 Å². The minimum atomic E-state index is 0.669. The van der Waals surface area contributed by atoms with Gasteiger partial charge < -0.3 is 10.6 Å². The molecule has 22 heavy (non-hydrogen) atoms. The van der Waals surface area contributed by atoms with Crippen molar-refractivity contribution in [3.8, 4) is 0 Å². The average Bonchev–Trinajstić information content (AvgIpc) is 2.48. The molecule has 0 radical (unpaired) electrons. The first-order valence-electron chi connectivity index (χ1n) is 7.41. The first-order valence-corrected chi connectivity index (χ1v) is 8.20. The van der Waals surface area contributed by atoms with Crippen molar-refractivity contribution >= 4 is 34.6 Å². The third kappa shape index (κ3) is 5.32. The SMILES string of the molecule is Cc1ccc(NC(=S)NCCCc2ccc(Cl)cc2)c(C)c1. The van der Waals surface area contributed by atoms with Gasteiger partial charge in [0, 0.05) is 17.3 Å². The number of anilines is 1. The van der Waals surface area contributed by atoms with Crippen LogP contribution in [0.25, 0.3) is 0 Å². The maximum Gasteiger partial charge on any atom is 0.170 e. The molecule has 0 atom stereocenters. The van der Waals surface area contributed by atoms with Crippen LogP contribution >= 0.6 is 23.8 Å². The maximum atomic E-state index is 5.88. The Balaban J connectivity index is 1.72. The number of thiocarbonyl (C=S) groups is 1. The van der Waals surface area contributed by atoms with Crippen LogP contribution in [0, 0.1) is 13.8 Å². The van der Waals surface area contributed by atoms with Crippen LogP contribution in [0.5, 0.6) is 0 Å². The monoisotopic (exact) mass is 332 g/mol. The number of halogens is 1. The lowest BCUT2D eigenvalue weighted by molar-refractivity contribution is 0.777. The highest BCUT2D eigenvalue weighted by Gasteiger charge is 2.01. The molecular weight excluding hydrogens is 312 g/mol. The molecule has 2 N–H and O–H groups in total. The molecule has 0 fully saturated rings. The first-order chi connectivity index (χ1) is 10.5. The normalized spacial score (nSPS) is 10.3. The van der Waals surface area contributed by atoms with E-state index in [4.69, 9.17) is 23.8 Å². The zero-order valence-electron chi connectivity index (χ0n) is 12.9. The Hall–Kier alpha value is -1.58. The molecular formula is C18H21ClN2S. The molecule has 0 saturated heterocycles. The molecule has 2 rings (SSSR count). The molecule has 0 amide bonds. The summed E-state index contributed by atoms with van der Waals surface area (Å²) >= 11 is 11.2. The van der Waals surface area contributed by atoms with Crippen LogP contribution in [0.2, 0.25) is 5.02 Å². The number of aryl methyl sites for hydroxylation is 3. The quantitative estimate of drug-likeness (QED) is 0.603. The molecule has 2 aromatic rings. The van der Waals surface area contributed by atoms with Crippen LogP contribution in [-0.2, 0) is 6.42 Å². The molecule has 2 aromatic carbocycles. The highest BCUT2D eigenvalue weighted by atomic mass is 35.5. The summed E-state index contributed by atoms with van der Waals surface area (Å²) in [6.45, 7) is 5.02. The van der Waals surface area contributed by atoms with E-state index < -0.39 is 0 Å². The summed E-state index contributed by atoms with van der Waals surface area (Å²) in [5.74, 6) is 0. The Morgan fingerprint density at radius 3 is 2.50 bits per heavy atom. The molecule has 0 spiro atoms. The van der Waals surface area contributed by atoms with Crippen LogP contribution in [-0.4, -0.2) is 11.7 Å². The molecule has 0 aliphatic heterocycles. The van der Waals surface area contributed by atoms with Gasteiger partial charge in [0.25, 0.3) is 0 Å². The Morgan fingerprint density at radius 2 is 1.82 bits per heavy atom. The highest BCUT2D eigenvalue weighted by Crippen LogP contribution is 2.15. The van der Waals surface area contributed by atoms with Crippen molar-refractivity contribution < 1.29 is 0 Å². The van der Waals surface area contributed by atoms with Gasteiger partial charge in [-0.25, -0.2) is 0 Å². The maximum absolute atomic E-state index is 5.88. The van der Waals surface area contributed by atoms with Crippen LogP contribution in [0.4, 0.5) is 5.69 Å². The molecule has 0 aliphatic rings. The fraction of sp³-hybridized carbons (Fsp3) is 0.278. The minimum absolute atomic E-state index is 0.669. The van der Waals surface area contributed by atoms with E-state index in [1.54, 1.807) is 0 Å². The second-order valence-corrected chi connectivity index (χ2v) is 6.27. The van der Waals surface area contributed by atoms with Crippen molar-refractivity contribution in [2.24, 2.45) is 0 Å². The lowest BCUT2D eigenvalue weighted by Crippen LogP contribution is -2.29. The third-order valence-electron chi connectivity index (χ3n) is 3.47. The van der Waals surface area contributed by atoms with Gasteiger partial charge in [-0.05, 0) is 68.2 Å². The topological polar surface area (TPSA) is 24.1 Å². The summed E-state index contributed by atoms with van der Waals surface area (Å²) in [4.78, 5) is 0. The largest absolute Gasteiger partial charge is 0.362 e. The number of nitrogens with one attached hydrogen (secondary N) is 2. The first kappa shape index (κ1) is 16.8. The molecule has 0 aliphatic carbocycles. The van der Waals surface area contributed by atoms with Gasteiger partial charge >= 0.3 is 0 Å². The predicted octanol–water partition coefficient (Wildman–Crippen LogP) is 4.88. The smallest absolute Gasteiger partial charge is 0.170 e.